The third kappa shape index (κ3) is 7.99. The van der Waals surface area contributed by atoms with Crippen molar-refractivity contribution in [2.45, 2.75) is 45.4 Å². The number of carbonyl (C=O) groups is 1. The number of benzene rings is 1. The van der Waals surface area contributed by atoms with Crippen LogP contribution in [0.3, 0.4) is 0 Å². The van der Waals surface area contributed by atoms with Crippen LogP contribution < -0.4 is 10.6 Å². The zero-order chi connectivity index (χ0) is 17.8. The first-order chi connectivity index (χ1) is 11.6. The predicted octanol–water partition coefficient (Wildman–Crippen LogP) is 3.00. The van der Waals surface area contributed by atoms with Gasteiger partial charge in [-0.2, -0.15) is 0 Å². The first kappa shape index (κ1) is 20.0. The Balaban J connectivity index is 2.20. The standard InChI is InChI=1S/C19H31N3O2/c1-15-9-11-17(12-10-15)16(2)14-22-19(20-3)21-13-7-5-6-8-18(23)24-4/h9-12,16H,5-8,13-14H2,1-4H3,(H2,20,21,22). The average molecular weight is 333 g/mol. The quantitative estimate of drug-likeness (QED) is 0.316. The summed E-state index contributed by atoms with van der Waals surface area (Å²) >= 11 is 0. The minimum atomic E-state index is -0.134. The number of ether oxygens (including phenoxy) is 1. The Bertz CT molecular complexity index is 512. The SMILES string of the molecule is CN=C(NCCCCCC(=O)OC)NCC(C)c1ccc(C)cc1. The predicted molar refractivity (Wildman–Crippen MR) is 99.4 cm³/mol. The molecule has 0 saturated carbocycles. The van der Waals surface area contributed by atoms with Crippen molar-refractivity contribution in [2.24, 2.45) is 4.99 Å². The van der Waals surface area contributed by atoms with E-state index >= 15 is 0 Å². The number of nitrogens with zero attached hydrogens (tertiary/aromatic N) is 1. The molecule has 0 amide bonds. The molecule has 1 atom stereocenters. The first-order valence-electron chi connectivity index (χ1n) is 8.64. The van der Waals surface area contributed by atoms with E-state index in [1.807, 2.05) is 0 Å². The maximum atomic E-state index is 11.0. The van der Waals surface area contributed by atoms with E-state index in [1.165, 1.54) is 18.2 Å². The average Bonchev–Trinajstić information content (AvgIpc) is 2.60. The fraction of sp³-hybridized carbons (Fsp3) is 0.579. The van der Waals surface area contributed by atoms with Gasteiger partial charge in [0.15, 0.2) is 5.96 Å². The summed E-state index contributed by atoms with van der Waals surface area (Å²) in [5, 5.41) is 6.68. The fourth-order valence-electron chi connectivity index (χ4n) is 2.36. The molecule has 0 aliphatic heterocycles. The molecule has 1 unspecified atom stereocenters. The lowest BCUT2D eigenvalue weighted by Crippen LogP contribution is -2.39. The second-order valence-corrected chi connectivity index (χ2v) is 6.08. The number of nitrogens with one attached hydrogen (secondary N) is 2. The number of unbranched alkanes of at least 4 members (excludes halogenated alkanes) is 2. The van der Waals surface area contributed by atoms with Crippen LogP contribution >= 0.6 is 0 Å². The summed E-state index contributed by atoms with van der Waals surface area (Å²) in [4.78, 5) is 15.3. The van der Waals surface area contributed by atoms with Gasteiger partial charge in [-0.05, 0) is 31.2 Å². The van der Waals surface area contributed by atoms with Crippen LogP contribution in [0.5, 0.6) is 0 Å². The Kier molecular flexibility index (Phi) is 9.58. The summed E-state index contributed by atoms with van der Waals surface area (Å²) in [5.41, 5.74) is 2.61. The van der Waals surface area contributed by atoms with Gasteiger partial charge in [0.2, 0.25) is 0 Å². The van der Waals surface area contributed by atoms with Crippen LogP contribution in [-0.4, -0.2) is 39.2 Å². The summed E-state index contributed by atoms with van der Waals surface area (Å²) in [7, 11) is 3.21. The molecule has 1 aromatic rings. The van der Waals surface area contributed by atoms with Crippen molar-refractivity contribution in [3.05, 3.63) is 35.4 Å². The van der Waals surface area contributed by atoms with Gasteiger partial charge < -0.3 is 15.4 Å². The summed E-state index contributed by atoms with van der Waals surface area (Å²) in [6, 6.07) is 8.65. The van der Waals surface area contributed by atoms with Crippen LogP contribution in [0.25, 0.3) is 0 Å². The molecule has 0 aliphatic carbocycles. The van der Waals surface area contributed by atoms with Gasteiger partial charge in [-0.25, -0.2) is 0 Å². The van der Waals surface area contributed by atoms with Gasteiger partial charge >= 0.3 is 5.97 Å². The lowest BCUT2D eigenvalue weighted by atomic mass is 10.0. The molecule has 5 nitrogen and oxygen atoms in total. The van der Waals surface area contributed by atoms with Crippen molar-refractivity contribution >= 4 is 11.9 Å². The molecule has 5 heteroatoms. The van der Waals surface area contributed by atoms with Crippen molar-refractivity contribution in [2.75, 3.05) is 27.2 Å². The summed E-state index contributed by atoms with van der Waals surface area (Å²) in [6.45, 7) is 5.99. The third-order valence-corrected chi connectivity index (χ3v) is 4.02. The summed E-state index contributed by atoms with van der Waals surface area (Å²) < 4.78 is 4.63. The number of aryl methyl sites for hydroxylation is 1. The van der Waals surface area contributed by atoms with Gasteiger partial charge in [0.05, 0.1) is 7.11 Å². The molecule has 0 aliphatic rings. The van der Waals surface area contributed by atoms with Crippen molar-refractivity contribution in [1.82, 2.24) is 10.6 Å². The molecule has 0 spiro atoms. The van der Waals surface area contributed by atoms with Gasteiger partial charge in [0.25, 0.3) is 0 Å². The van der Waals surface area contributed by atoms with Crippen molar-refractivity contribution in [1.29, 1.82) is 0 Å². The van der Waals surface area contributed by atoms with E-state index in [0.29, 0.717) is 12.3 Å². The van der Waals surface area contributed by atoms with Gasteiger partial charge in [-0.15, -0.1) is 0 Å². The van der Waals surface area contributed by atoms with E-state index in [-0.39, 0.29) is 5.97 Å². The highest BCUT2D eigenvalue weighted by molar-refractivity contribution is 5.79. The molecule has 0 saturated heterocycles. The van der Waals surface area contributed by atoms with Gasteiger partial charge in [0.1, 0.15) is 0 Å². The molecule has 1 aromatic carbocycles. The number of guanidine groups is 1. The number of rotatable bonds is 9. The van der Waals surface area contributed by atoms with Crippen LogP contribution in [0.1, 0.15) is 49.7 Å². The highest BCUT2D eigenvalue weighted by Crippen LogP contribution is 2.14. The fourth-order valence-corrected chi connectivity index (χ4v) is 2.36. The Labute approximate surface area is 145 Å². The van der Waals surface area contributed by atoms with Crippen molar-refractivity contribution in [3.8, 4) is 0 Å². The highest BCUT2D eigenvalue weighted by atomic mass is 16.5. The third-order valence-electron chi connectivity index (χ3n) is 4.02. The second-order valence-electron chi connectivity index (χ2n) is 6.08. The molecule has 0 fully saturated rings. The number of hydrogen-bond acceptors (Lipinski definition) is 3. The molecular formula is C19H31N3O2. The molecule has 0 bridgehead atoms. The zero-order valence-electron chi connectivity index (χ0n) is 15.4. The van der Waals surface area contributed by atoms with Crippen LogP contribution in [0.15, 0.2) is 29.3 Å². The maximum absolute atomic E-state index is 11.0. The Morgan fingerprint density at radius 1 is 1.17 bits per heavy atom. The Morgan fingerprint density at radius 2 is 1.88 bits per heavy atom. The van der Waals surface area contributed by atoms with E-state index in [2.05, 4.69) is 58.5 Å². The number of esters is 1. The summed E-state index contributed by atoms with van der Waals surface area (Å²) in [6.07, 6.45) is 3.37. The molecule has 134 valence electrons. The lowest BCUT2D eigenvalue weighted by molar-refractivity contribution is -0.140. The summed E-state index contributed by atoms with van der Waals surface area (Å²) in [5.74, 6) is 1.11. The zero-order valence-corrected chi connectivity index (χ0v) is 15.4. The monoisotopic (exact) mass is 333 g/mol. The molecular weight excluding hydrogens is 302 g/mol. The maximum Gasteiger partial charge on any atom is 0.305 e. The normalized spacial score (nSPS) is 12.6. The molecule has 0 heterocycles. The molecule has 0 aromatic heterocycles. The molecule has 2 N–H and O–H groups in total. The van der Waals surface area contributed by atoms with Gasteiger partial charge in [-0.1, -0.05) is 43.2 Å². The number of methoxy groups -OCH3 is 1. The van der Waals surface area contributed by atoms with Crippen molar-refractivity contribution in [3.63, 3.8) is 0 Å². The Hall–Kier alpha value is -2.04. The first-order valence-corrected chi connectivity index (χ1v) is 8.64. The second kappa shape index (κ2) is 11.5. The topological polar surface area (TPSA) is 62.7 Å². The van der Waals surface area contributed by atoms with Crippen molar-refractivity contribution < 1.29 is 9.53 Å². The number of aliphatic imine (C=N–C) groups is 1. The van der Waals surface area contributed by atoms with Gasteiger partial charge in [0, 0.05) is 26.6 Å². The molecule has 1 rings (SSSR count). The Morgan fingerprint density at radius 3 is 2.50 bits per heavy atom. The van der Waals surface area contributed by atoms with E-state index in [9.17, 15) is 4.79 Å². The smallest absolute Gasteiger partial charge is 0.305 e. The van der Waals surface area contributed by atoms with E-state index in [4.69, 9.17) is 0 Å². The number of hydrogen-bond donors (Lipinski definition) is 2. The van der Waals surface area contributed by atoms with E-state index in [1.54, 1.807) is 7.05 Å². The van der Waals surface area contributed by atoms with E-state index < -0.39 is 0 Å². The van der Waals surface area contributed by atoms with E-state index in [0.717, 1.165) is 38.3 Å². The highest BCUT2D eigenvalue weighted by Gasteiger charge is 2.06. The minimum absolute atomic E-state index is 0.134. The van der Waals surface area contributed by atoms with Crippen LogP contribution in [0.2, 0.25) is 0 Å². The molecule has 24 heavy (non-hydrogen) atoms. The number of carbonyl (C=O) groups excluding carboxylic acids is 1. The largest absolute Gasteiger partial charge is 0.469 e. The molecule has 0 radical (unpaired) electrons. The van der Waals surface area contributed by atoms with Crippen LogP contribution in [0.4, 0.5) is 0 Å². The van der Waals surface area contributed by atoms with Crippen LogP contribution in [0, 0.1) is 6.92 Å². The lowest BCUT2D eigenvalue weighted by Gasteiger charge is -2.16. The van der Waals surface area contributed by atoms with Gasteiger partial charge in [-0.3, -0.25) is 9.79 Å². The van der Waals surface area contributed by atoms with Crippen LogP contribution in [-0.2, 0) is 9.53 Å². The minimum Gasteiger partial charge on any atom is -0.469 e.